The van der Waals surface area contributed by atoms with Gasteiger partial charge in [-0.1, -0.05) is 30.3 Å². The molecule has 0 aromatic heterocycles. The Labute approximate surface area is 147 Å². The Kier molecular flexibility index (Phi) is 3.74. The summed E-state index contributed by atoms with van der Waals surface area (Å²) in [4.78, 5) is 15.0. The lowest BCUT2D eigenvalue weighted by molar-refractivity contribution is -0.186. The average Bonchev–Trinajstić information content (AvgIpc) is 3.00. The zero-order valence-electron chi connectivity index (χ0n) is 14.6. The summed E-state index contributed by atoms with van der Waals surface area (Å²) in [6, 6.07) is 11.1. The van der Waals surface area contributed by atoms with Gasteiger partial charge in [0.05, 0.1) is 24.3 Å². The van der Waals surface area contributed by atoms with Gasteiger partial charge in [0, 0.05) is 25.0 Å². The molecule has 2 aliphatic heterocycles. The summed E-state index contributed by atoms with van der Waals surface area (Å²) in [5.41, 5.74) is -0.553. The van der Waals surface area contributed by atoms with Gasteiger partial charge in [-0.2, -0.15) is 0 Å². The van der Waals surface area contributed by atoms with Crippen LogP contribution >= 0.6 is 0 Å². The van der Waals surface area contributed by atoms with Crippen molar-refractivity contribution >= 4 is 16.7 Å². The van der Waals surface area contributed by atoms with E-state index in [9.17, 15) is 9.90 Å². The molecule has 4 rings (SSSR count). The van der Waals surface area contributed by atoms with E-state index in [1.807, 2.05) is 44.2 Å². The molecule has 0 aliphatic carbocycles. The van der Waals surface area contributed by atoms with Gasteiger partial charge in [0.1, 0.15) is 11.4 Å². The highest BCUT2D eigenvalue weighted by atomic mass is 16.6. The Balaban J connectivity index is 1.69. The standard InChI is InChI=1S/C20H23NO4/c1-19(2)11-21(12-20(25-19)9-10-24-13-20)18(23)16-8-7-14-5-3-4-6-15(14)17(16)22/h3-8,22H,9-13H2,1-2H3. The Bertz CT molecular complexity index is 824. The number of nitrogens with zero attached hydrogens (tertiary/aromatic N) is 1. The van der Waals surface area contributed by atoms with E-state index in [-0.39, 0.29) is 11.7 Å². The highest BCUT2D eigenvalue weighted by Crippen LogP contribution is 2.36. The molecule has 2 aromatic carbocycles. The third-order valence-corrected chi connectivity index (χ3v) is 5.03. The number of aromatic hydroxyl groups is 1. The SMILES string of the molecule is CC1(C)CN(C(=O)c2ccc3ccccc3c2O)CC2(CCOC2)O1. The third-order valence-electron chi connectivity index (χ3n) is 5.03. The van der Waals surface area contributed by atoms with Crippen LogP contribution in [0, 0.1) is 0 Å². The van der Waals surface area contributed by atoms with Crippen molar-refractivity contribution in [3.05, 3.63) is 42.0 Å². The van der Waals surface area contributed by atoms with Crippen LogP contribution in [0.2, 0.25) is 0 Å². The predicted molar refractivity (Wildman–Crippen MR) is 94.8 cm³/mol. The number of benzene rings is 2. The van der Waals surface area contributed by atoms with Crippen LogP contribution in [0.15, 0.2) is 36.4 Å². The quantitative estimate of drug-likeness (QED) is 0.866. The van der Waals surface area contributed by atoms with Gasteiger partial charge in [0.2, 0.25) is 0 Å². The first kappa shape index (κ1) is 16.4. The first-order valence-electron chi connectivity index (χ1n) is 8.67. The molecule has 2 aromatic rings. The molecule has 1 amide bonds. The van der Waals surface area contributed by atoms with Crippen molar-refractivity contribution in [2.75, 3.05) is 26.3 Å². The van der Waals surface area contributed by atoms with Crippen molar-refractivity contribution in [2.45, 2.75) is 31.5 Å². The van der Waals surface area contributed by atoms with Crippen LogP contribution in [-0.4, -0.2) is 53.4 Å². The van der Waals surface area contributed by atoms with E-state index in [1.54, 1.807) is 11.0 Å². The maximum absolute atomic E-state index is 13.2. The van der Waals surface area contributed by atoms with Crippen molar-refractivity contribution in [1.29, 1.82) is 0 Å². The Hall–Kier alpha value is -2.11. The molecule has 1 unspecified atom stereocenters. The maximum atomic E-state index is 13.2. The van der Waals surface area contributed by atoms with E-state index >= 15 is 0 Å². The fourth-order valence-corrected chi connectivity index (χ4v) is 4.05. The number of hydrogen-bond donors (Lipinski definition) is 1. The molecule has 2 heterocycles. The molecule has 1 atom stereocenters. The van der Waals surface area contributed by atoms with E-state index in [0.717, 1.165) is 11.8 Å². The summed E-state index contributed by atoms with van der Waals surface area (Å²) in [7, 11) is 0. The molecule has 5 heteroatoms. The Morgan fingerprint density at radius 2 is 1.96 bits per heavy atom. The number of phenolic OH excluding ortho intramolecular Hbond substituents is 1. The number of morpholine rings is 1. The zero-order valence-corrected chi connectivity index (χ0v) is 14.6. The van der Waals surface area contributed by atoms with Gasteiger partial charge >= 0.3 is 0 Å². The van der Waals surface area contributed by atoms with Crippen LogP contribution in [0.5, 0.6) is 5.75 Å². The second kappa shape index (κ2) is 5.71. The van der Waals surface area contributed by atoms with E-state index in [4.69, 9.17) is 9.47 Å². The van der Waals surface area contributed by atoms with Gasteiger partial charge in [-0.05, 0) is 25.3 Å². The van der Waals surface area contributed by atoms with Gasteiger partial charge in [0.15, 0.2) is 0 Å². The van der Waals surface area contributed by atoms with Crippen molar-refractivity contribution in [1.82, 2.24) is 4.90 Å². The van der Waals surface area contributed by atoms with Gasteiger partial charge in [-0.25, -0.2) is 0 Å². The maximum Gasteiger partial charge on any atom is 0.257 e. The van der Waals surface area contributed by atoms with Gasteiger partial charge in [-0.3, -0.25) is 4.79 Å². The molecule has 0 radical (unpaired) electrons. The molecule has 2 aliphatic rings. The number of carbonyl (C=O) groups excluding carboxylic acids is 1. The second-order valence-corrected chi connectivity index (χ2v) is 7.69. The first-order chi connectivity index (χ1) is 11.9. The van der Waals surface area contributed by atoms with E-state index in [0.29, 0.717) is 37.3 Å². The molecular weight excluding hydrogens is 318 g/mol. The Morgan fingerprint density at radius 3 is 2.72 bits per heavy atom. The molecule has 2 fully saturated rings. The van der Waals surface area contributed by atoms with E-state index in [2.05, 4.69) is 0 Å². The van der Waals surface area contributed by atoms with Crippen molar-refractivity contribution in [3.63, 3.8) is 0 Å². The lowest BCUT2D eigenvalue weighted by atomic mass is 9.94. The molecule has 1 spiro atoms. The van der Waals surface area contributed by atoms with Crippen LogP contribution in [0.25, 0.3) is 10.8 Å². The van der Waals surface area contributed by atoms with E-state index < -0.39 is 11.2 Å². The predicted octanol–water partition coefficient (Wildman–Crippen LogP) is 2.96. The van der Waals surface area contributed by atoms with Crippen LogP contribution < -0.4 is 0 Å². The molecular formula is C20H23NO4. The third kappa shape index (κ3) is 2.87. The monoisotopic (exact) mass is 341 g/mol. The Morgan fingerprint density at radius 1 is 1.16 bits per heavy atom. The van der Waals surface area contributed by atoms with E-state index in [1.165, 1.54) is 0 Å². The number of amides is 1. The summed E-state index contributed by atoms with van der Waals surface area (Å²) in [6.07, 6.45) is 0.782. The van der Waals surface area contributed by atoms with Crippen LogP contribution in [-0.2, 0) is 9.47 Å². The highest BCUT2D eigenvalue weighted by molar-refractivity contribution is 6.03. The molecule has 0 bridgehead atoms. The number of rotatable bonds is 1. The molecule has 132 valence electrons. The van der Waals surface area contributed by atoms with Crippen LogP contribution in [0.4, 0.5) is 0 Å². The van der Waals surface area contributed by atoms with Crippen molar-refractivity contribution in [3.8, 4) is 5.75 Å². The molecule has 0 saturated carbocycles. The van der Waals surface area contributed by atoms with Crippen LogP contribution in [0.3, 0.4) is 0 Å². The smallest absolute Gasteiger partial charge is 0.257 e. The van der Waals surface area contributed by atoms with Gasteiger partial charge in [0.25, 0.3) is 5.91 Å². The number of phenols is 1. The topological polar surface area (TPSA) is 59.0 Å². The average molecular weight is 341 g/mol. The largest absolute Gasteiger partial charge is 0.506 e. The fourth-order valence-electron chi connectivity index (χ4n) is 4.05. The second-order valence-electron chi connectivity index (χ2n) is 7.69. The summed E-state index contributed by atoms with van der Waals surface area (Å²) in [5.74, 6) is -0.116. The summed E-state index contributed by atoms with van der Waals surface area (Å²) in [6.45, 7) is 6.12. The molecule has 5 nitrogen and oxygen atoms in total. The highest BCUT2D eigenvalue weighted by Gasteiger charge is 2.48. The summed E-state index contributed by atoms with van der Waals surface area (Å²) < 4.78 is 11.8. The number of fused-ring (bicyclic) bond motifs is 1. The zero-order chi connectivity index (χ0) is 17.7. The minimum absolute atomic E-state index is 0.0455. The van der Waals surface area contributed by atoms with Crippen molar-refractivity contribution in [2.24, 2.45) is 0 Å². The summed E-state index contributed by atoms with van der Waals surface area (Å²) >= 11 is 0. The number of carbonyl (C=O) groups is 1. The fraction of sp³-hybridized carbons (Fsp3) is 0.450. The molecule has 1 N–H and O–H groups in total. The first-order valence-corrected chi connectivity index (χ1v) is 8.67. The normalized spacial score (nSPS) is 25.6. The molecule has 2 saturated heterocycles. The van der Waals surface area contributed by atoms with Crippen molar-refractivity contribution < 1.29 is 19.4 Å². The lowest BCUT2D eigenvalue weighted by Gasteiger charge is -2.48. The lowest BCUT2D eigenvalue weighted by Crippen LogP contribution is -2.61. The van der Waals surface area contributed by atoms with Gasteiger partial charge in [-0.15, -0.1) is 0 Å². The number of ether oxygens (including phenoxy) is 2. The molecule has 25 heavy (non-hydrogen) atoms. The number of hydrogen-bond acceptors (Lipinski definition) is 4. The van der Waals surface area contributed by atoms with Gasteiger partial charge < -0.3 is 19.5 Å². The summed E-state index contributed by atoms with van der Waals surface area (Å²) in [5, 5.41) is 12.2. The minimum Gasteiger partial charge on any atom is -0.506 e. The minimum atomic E-state index is -0.450. The van der Waals surface area contributed by atoms with Crippen LogP contribution in [0.1, 0.15) is 30.6 Å².